The van der Waals surface area contributed by atoms with Gasteiger partial charge in [0.15, 0.2) is 15.1 Å². The van der Waals surface area contributed by atoms with Crippen LogP contribution in [0.2, 0.25) is 5.15 Å². The number of aromatic nitrogens is 2. The van der Waals surface area contributed by atoms with Crippen molar-refractivity contribution in [2.45, 2.75) is 18.9 Å². The Morgan fingerprint density at radius 2 is 2.32 bits per heavy atom. The summed E-state index contributed by atoms with van der Waals surface area (Å²) >= 11 is 7.32. The van der Waals surface area contributed by atoms with E-state index in [1.807, 2.05) is 0 Å². The van der Waals surface area contributed by atoms with Crippen molar-refractivity contribution in [3.63, 3.8) is 0 Å². The molecule has 19 heavy (non-hydrogen) atoms. The molecule has 0 N–H and O–H groups in total. The summed E-state index contributed by atoms with van der Waals surface area (Å²) in [5, 5.41) is 1.80. The van der Waals surface area contributed by atoms with Crippen LogP contribution in [0, 0.1) is 0 Å². The Kier molecular flexibility index (Phi) is 4.00. The van der Waals surface area contributed by atoms with Gasteiger partial charge < -0.3 is 0 Å². The van der Waals surface area contributed by atoms with Crippen LogP contribution in [0.15, 0.2) is 28.8 Å². The molecule has 104 valence electrons. The summed E-state index contributed by atoms with van der Waals surface area (Å²) < 4.78 is 28.1. The van der Waals surface area contributed by atoms with Crippen molar-refractivity contribution in [2.75, 3.05) is 13.1 Å². The van der Waals surface area contributed by atoms with Crippen LogP contribution in [0.5, 0.6) is 0 Å². The van der Waals surface area contributed by atoms with Crippen LogP contribution in [0.25, 0.3) is 4.96 Å². The molecule has 2 aromatic heterocycles. The van der Waals surface area contributed by atoms with E-state index in [-0.39, 0.29) is 16.7 Å². The molecule has 0 atom stereocenters. The fourth-order valence-electron chi connectivity index (χ4n) is 1.76. The van der Waals surface area contributed by atoms with Gasteiger partial charge in [0.1, 0.15) is 0 Å². The maximum Gasteiger partial charge on any atom is 0.262 e. The van der Waals surface area contributed by atoms with E-state index in [2.05, 4.69) is 11.6 Å². The summed E-state index contributed by atoms with van der Waals surface area (Å²) in [6.07, 6.45) is 1.65. The van der Waals surface area contributed by atoms with E-state index in [1.165, 1.54) is 20.0 Å². The molecule has 2 heterocycles. The molecule has 0 bridgehead atoms. The summed E-state index contributed by atoms with van der Waals surface area (Å²) in [5.41, 5.74) is 0.771. The van der Waals surface area contributed by atoms with Crippen molar-refractivity contribution in [1.29, 1.82) is 0 Å². The van der Waals surface area contributed by atoms with Crippen molar-refractivity contribution in [3.8, 4) is 0 Å². The zero-order chi connectivity index (χ0) is 14.2. The molecule has 0 saturated carbocycles. The minimum absolute atomic E-state index is 0.00650. The lowest BCUT2D eigenvalue weighted by atomic mass is 10.3. The molecule has 0 spiro atoms. The summed E-state index contributed by atoms with van der Waals surface area (Å²) in [4.78, 5) is 4.62. The second kappa shape index (κ2) is 5.24. The Morgan fingerprint density at radius 1 is 1.63 bits per heavy atom. The second-order valence-electron chi connectivity index (χ2n) is 4.15. The Labute approximate surface area is 121 Å². The zero-order valence-corrected chi connectivity index (χ0v) is 13.0. The van der Waals surface area contributed by atoms with Crippen LogP contribution in [0.3, 0.4) is 0 Å². The van der Waals surface area contributed by atoms with Crippen molar-refractivity contribution in [1.82, 2.24) is 13.7 Å². The number of imidazole rings is 1. The first-order valence-corrected chi connectivity index (χ1v) is 8.33. The van der Waals surface area contributed by atoms with Crippen LogP contribution in [0.1, 0.15) is 13.8 Å². The maximum absolute atomic E-state index is 12.6. The van der Waals surface area contributed by atoms with Gasteiger partial charge in [-0.3, -0.25) is 4.40 Å². The van der Waals surface area contributed by atoms with E-state index in [0.717, 1.165) is 5.57 Å². The minimum atomic E-state index is -3.68. The molecule has 0 aliphatic heterocycles. The van der Waals surface area contributed by atoms with Gasteiger partial charge in [-0.15, -0.1) is 11.3 Å². The van der Waals surface area contributed by atoms with Gasteiger partial charge in [-0.1, -0.05) is 30.7 Å². The normalized spacial score (nSPS) is 12.4. The lowest BCUT2D eigenvalue weighted by Gasteiger charge is -2.20. The van der Waals surface area contributed by atoms with Gasteiger partial charge in [0, 0.05) is 24.7 Å². The molecule has 5 nitrogen and oxygen atoms in total. The molecule has 0 radical (unpaired) electrons. The highest BCUT2D eigenvalue weighted by Gasteiger charge is 2.30. The number of rotatable bonds is 5. The van der Waals surface area contributed by atoms with Gasteiger partial charge >= 0.3 is 0 Å². The maximum atomic E-state index is 12.6. The summed E-state index contributed by atoms with van der Waals surface area (Å²) in [5.74, 6) is 0. The Hall–Kier alpha value is -0.890. The van der Waals surface area contributed by atoms with E-state index in [1.54, 1.807) is 25.4 Å². The topological polar surface area (TPSA) is 54.7 Å². The molecule has 0 aliphatic rings. The van der Waals surface area contributed by atoms with Gasteiger partial charge in [-0.2, -0.15) is 4.31 Å². The third kappa shape index (κ3) is 2.55. The van der Waals surface area contributed by atoms with Crippen molar-refractivity contribution in [3.05, 3.63) is 28.9 Å². The first kappa shape index (κ1) is 14.5. The third-order valence-electron chi connectivity index (χ3n) is 2.56. The predicted molar refractivity (Wildman–Crippen MR) is 77.3 cm³/mol. The van der Waals surface area contributed by atoms with Crippen molar-refractivity contribution >= 4 is 37.9 Å². The number of hydrogen-bond acceptors (Lipinski definition) is 4. The van der Waals surface area contributed by atoms with Gasteiger partial charge in [0.25, 0.3) is 10.0 Å². The Balaban J connectivity index is 2.57. The molecule has 2 rings (SSSR count). The first-order valence-electron chi connectivity index (χ1n) is 5.63. The van der Waals surface area contributed by atoms with E-state index in [9.17, 15) is 8.42 Å². The molecule has 0 aromatic carbocycles. The number of halogens is 1. The van der Waals surface area contributed by atoms with Gasteiger partial charge in [0.05, 0.1) is 0 Å². The van der Waals surface area contributed by atoms with E-state index in [4.69, 9.17) is 11.6 Å². The average Bonchev–Trinajstić information content (AvgIpc) is 2.84. The second-order valence-corrected chi connectivity index (χ2v) is 7.24. The van der Waals surface area contributed by atoms with Crippen LogP contribution in [0.4, 0.5) is 0 Å². The molecular weight excluding hydrogens is 306 g/mol. The van der Waals surface area contributed by atoms with Crippen LogP contribution in [-0.2, 0) is 10.0 Å². The SMILES string of the molecule is C=C(C)CN(CC)S(=O)(=O)c1c(Cl)nc2sccn12. The fraction of sp³-hybridized carbons (Fsp3) is 0.364. The first-order chi connectivity index (χ1) is 8.87. The van der Waals surface area contributed by atoms with Crippen LogP contribution < -0.4 is 0 Å². The lowest BCUT2D eigenvalue weighted by molar-refractivity contribution is 0.449. The number of likely N-dealkylation sites (N-methyl/N-ethyl adjacent to an activating group) is 1. The molecule has 0 aliphatic carbocycles. The quantitative estimate of drug-likeness (QED) is 0.796. The highest BCUT2D eigenvalue weighted by Crippen LogP contribution is 2.28. The Morgan fingerprint density at radius 3 is 2.89 bits per heavy atom. The molecule has 2 aromatic rings. The number of fused-ring (bicyclic) bond motifs is 1. The number of sulfonamides is 1. The minimum Gasteiger partial charge on any atom is -0.279 e. The molecule has 0 fully saturated rings. The number of thiazole rings is 1. The average molecular weight is 320 g/mol. The number of nitrogens with zero attached hydrogens (tertiary/aromatic N) is 3. The zero-order valence-electron chi connectivity index (χ0n) is 10.6. The Bertz CT molecular complexity index is 717. The van der Waals surface area contributed by atoms with E-state index in [0.29, 0.717) is 11.5 Å². The summed E-state index contributed by atoms with van der Waals surface area (Å²) in [7, 11) is -3.68. The van der Waals surface area contributed by atoms with Crippen LogP contribution in [-0.4, -0.2) is 35.2 Å². The van der Waals surface area contributed by atoms with E-state index < -0.39 is 10.0 Å². The van der Waals surface area contributed by atoms with E-state index >= 15 is 0 Å². The largest absolute Gasteiger partial charge is 0.279 e. The fourth-order valence-corrected chi connectivity index (χ4v) is 4.67. The molecule has 0 unspecified atom stereocenters. The predicted octanol–water partition coefficient (Wildman–Crippen LogP) is 2.64. The van der Waals surface area contributed by atoms with Crippen molar-refractivity contribution in [2.24, 2.45) is 0 Å². The van der Waals surface area contributed by atoms with Crippen molar-refractivity contribution < 1.29 is 8.42 Å². The summed E-state index contributed by atoms with van der Waals surface area (Å²) in [6, 6.07) is 0. The third-order valence-corrected chi connectivity index (χ3v) is 5.64. The van der Waals surface area contributed by atoms with Gasteiger partial charge in [0.2, 0.25) is 0 Å². The molecular formula is C11H14ClN3O2S2. The standard InChI is InChI=1S/C11H14ClN3O2S2/c1-4-14(7-8(2)3)19(16,17)10-9(12)13-11-15(10)5-6-18-11/h5-6H,2,4,7H2,1,3H3. The monoisotopic (exact) mass is 319 g/mol. The summed E-state index contributed by atoms with van der Waals surface area (Å²) in [6.45, 7) is 7.94. The van der Waals surface area contributed by atoms with Gasteiger partial charge in [-0.05, 0) is 6.92 Å². The highest BCUT2D eigenvalue weighted by atomic mass is 35.5. The number of hydrogen-bond donors (Lipinski definition) is 0. The van der Waals surface area contributed by atoms with Crippen LogP contribution >= 0.6 is 22.9 Å². The highest BCUT2D eigenvalue weighted by molar-refractivity contribution is 7.89. The smallest absolute Gasteiger partial charge is 0.262 e. The molecule has 0 saturated heterocycles. The molecule has 8 heteroatoms. The lowest BCUT2D eigenvalue weighted by Crippen LogP contribution is -2.33. The van der Waals surface area contributed by atoms with Gasteiger partial charge in [-0.25, -0.2) is 13.4 Å². The molecule has 0 amide bonds.